The molecule has 8 heterocycles. The number of benzene rings is 2. The lowest BCUT2D eigenvalue weighted by Crippen LogP contribution is -2.55. The number of fused-ring (bicyclic) bond motifs is 2. The Morgan fingerprint density at radius 1 is 0.825 bits per heavy atom. The Kier molecular flexibility index (Phi) is 8.76. The number of imidazole rings is 2. The maximum absolute atomic E-state index is 14.1. The number of hydrogen-bond donors (Lipinski definition) is 1. The maximum Gasteiger partial charge on any atom is 0.329 e. The van der Waals surface area contributed by atoms with Gasteiger partial charge in [-0.15, -0.1) is 5.10 Å². The average Bonchev–Trinajstić information content (AvgIpc) is 3.93. The van der Waals surface area contributed by atoms with E-state index in [1.807, 2.05) is 53.2 Å². The molecule has 6 aromatic rings. The zero-order valence-corrected chi connectivity index (χ0v) is 31.8. The number of carbonyl (C=O) groups excluding carboxylic acids is 2. The number of anilines is 3. The van der Waals surface area contributed by atoms with Crippen molar-refractivity contribution >= 4 is 45.8 Å². The van der Waals surface area contributed by atoms with Gasteiger partial charge in [0.1, 0.15) is 29.2 Å². The average molecular weight is 770 g/mol. The van der Waals surface area contributed by atoms with E-state index in [0.717, 1.165) is 111 Å². The number of rotatable bonds is 8. The van der Waals surface area contributed by atoms with Crippen LogP contribution in [0.4, 0.5) is 21.7 Å². The van der Waals surface area contributed by atoms with Crippen molar-refractivity contribution in [1.82, 2.24) is 38.9 Å². The molecule has 292 valence electrons. The van der Waals surface area contributed by atoms with Crippen LogP contribution in [-0.2, 0) is 16.6 Å². The molecule has 0 radical (unpaired) electrons. The number of hydrogen-bond acceptors (Lipinski definition) is 10. The Morgan fingerprint density at radius 3 is 2.49 bits per heavy atom. The number of piperidine rings is 1. The van der Waals surface area contributed by atoms with Crippen molar-refractivity contribution in [3.8, 4) is 11.4 Å². The highest BCUT2D eigenvalue weighted by atomic mass is 19.1. The molecule has 4 aliphatic rings. The summed E-state index contributed by atoms with van der Waals surface area (Å²) in [6.07, 6.45) is 4.34. The summed E-state index contributed by atoms with van der Waals surface area (Å²) in [6, 6.07) is 22.4. The second kappa shape index (κ2) is 14.1. The first-order valence-corrected chi connectivity index (χ1v) is 19.9. The van der Waals surface area contributed by atoms with E-state index in [2.05, 4.69) is 42.0 Å². The molecular weight excluding hydrogens is 726 g/mol. The van der Waals surface area contributed by atoms with Gasteiger partial charge in [-0.05, 0) is 79.4 Å². The summed E-state index contributed by atoms with van der Waals surface area (Å²) in [5.41, 5.74) is 5.65. The molecule has 1 unspecified atom stereocenters. The molecule has 2 amide bonds. The highest BCUT2D eigenvalue weighted by molar-refractivity contribution is 6.00. The van der Waals surface area contributed by atoms with Crippen LogP contribution < -0.4 is 25.7 Å². The number of nitrogens with one attached hydrogen (secondary N) is 1. The summed E-state index contributed by atoms with van der Waals surface area (Å²) >= 11 is 0. The smallest absolute Gasteiger partial charge is 0.329 e. The normalized spacial score (nSPS) is 20.8. The lowest BCUT2D eigenvalue weighted by molar-refractivity contribution is -0.135. The summed E-state index contributed by atoms with van der Waals surface area (Å²) < 4.78 is 19.1. The number of imide groups is 1. The van der Waals surface area contributed by atoms with Crippen molar-refractivity contribution in [2.75, 3.05) is 67.1 Å². The molecule has 2 aromatic carbocycles. The quantitative estimate of drug-likeness (QED) is 0.226. The highest BCUT2D eigenvalue weighted by Crippen LogP contribution is 2.36. The van der Waals surface area contributed by atoms with Crippen molar-refractivity contribution in [2.24, 2.45) is 13.0 Å². The van der Waals surface area contributed by atoms with Gasteiger partial charge in [-0.2, -0.15) is 0 Å². The number of nitrogens with zero attached hydrogens (tertiary/aromatic N) is 10. The standard InChI is InChI=1S/C42H44FN11O3/c1-48-35-22-30(10-11-33(35)53(42(48)57)34-12-15-40(55)46-41(34)56)51-25-27(26-51)24-49-17-19-50(20-18-49)38-9-3-7-31(45-38)36-23-44-37-13-14-39(47-54(36)37)52-16-4-8-32(52)28-5-2-6-29(43)21-28/h2-3,5-7,9-11,13-14,21-23,27,32,34H,4,8,12,15-20,24-26H2,1H3,(H,46,55,56)/t32-,34?/m1/s1. The van der Waals surface area contributed by atoms with Crippen LogP contribution in [0.3, 0.4) is 0 Å². The summed E-state index contributed by atoms with van der Waals surface area (Å²) in [6.45, 7) is 7.43. The van der Waals surface area contributed by atoms with Crippen LogP contribution in [-0.4, -0.2) is 97.8 Å². The molecule has 0 saturated carbocycles. The molecular formula is C42H44FN11O3. The summed E-state index contributed by atoms with van der Waals surface area (Å²) in [5, 5.41) is 7.41. The van der Waals surface area contributed by atoms with E-state index < -0.39 is 11.9 Å². The Morgan fingerprint density at radius 2 is 1.67 bits per heavy atom. The molecule has 0 bridgehead atoms. The van der Waals surface area contributed by atoms with Crippen LogP contribution in [0, 0.1) is 11.7 Å². The van der Waals surface area contributed by atoms with Gasteiger partial charge in [-0.3, -0.25) is 28.9 Å². The van der Waals surface area contributed by atoms with Gasteiger partial charge >= 0.3 is 5.69 Å². The van der Waals surface area contributed by atoms with E-state index >= 15 is 0 Å². The summed E-state index contributed by atoms with van der Waals surface area (Å²) in [4.78, 5) is 56.7. The molecule has 2 atom stereocenters. The van der Waals surface area contributed by atoms with Gasteiger partial charge in [0, 0.05) is 77.4 Å². The molecule has 4 aromatic heterocycles. The molecule has 1 N–H and O–H groups in total. The van der Waals surface area contributed by atoms with Crippen LogP contribution in [0.15, 0.2) is 83.8 Å². The van der Waals surface area contributed by atoms with Gasteiger partial charge in [0.2, 0.25) is 11.8 Å². The lowest BCUT2D eigenvalue weighted by atomic mass is 9.98. The van der Waals surface area contributed by atoms with Crippen molar-refractivity contribution < 1.29 is 14.0 Å². The van der Waals surface area contributed by atoms with Crippen molar-refractivity contribution in [1.29, 1.82) is 0 Å². The number of carbonyl (C=O) groups is 2. The Hall–Kier alpha value is -6.09. The van der Waals surface area contributed by atoms with Crippen molar-refractivity contribution in [3.05, 3.63) is 101 Å². The number of pyridine rings is 1. The molecule has 0 aliphatic carbocycles. The molecule has 0 spiro atoms. The summed E-state index contributed by atoms with van der Waals surface area (Å²) in [7, 11) is 1.73. The van der Waals surface area contributed by atoms with E-state index in [-0.39, 0.29) is 29.9 Å². The highest BCUT2D eigenvalue weighted by Gasteiger charge is 2.34. The van der Waals surface area contributed by atoms with E-state index in [4.69, 9.17) is 10.1 Å². The van der Waals surface area contributed by atoms with Crippen molar-refractivity contribution in [3.63, 3.8) is 0 Å². The number of aryl methyl sites for hydroxylation is 1. The Bertz CT molecular complexity index is 2590. The van der Waals surface area contributed by atoms with Gasteiger partial charge in [0.15, 0.2) is 5.65 Å². The minimum Gasteiger partial charge on any atom is -0.371 e. The van der Waals surface area contributed by atoms with Gasteiger partial charge in [0.05, 0.1) is 29.0 Å². The van der Waals surface area contributed by atoms with E-state index in [1.165, 1.54) is 10.6 Å². The molecule has 14 nitrogen and oxygen atoms in total. The monoisotopic (exact) mass is 769 g/mol. The number of amides is 2. The van der Waals surface area contributed by atoms with E-state index in [0.29, 0.717) is 17.9 Å². The van der Waals surface area contributed by atoms with E-state index in [9.17, 15) is 18.8 Å². The second-order valence-corrected chi connectivity index (χ2v) is 15.8. The van der Waals surface area contributed by atoms with Gasteiger partial charge < -0.3 is 14.7 Å². The third-order valence-electron chi connectivity index (χ3n) is 12.3. The molecule has 4 fully saturated rings. The number of aromatic nitrogens is 6. The van der Waals surface area contributed by atoms with Gasteiger partial charge in [-0.1, -0.05) is 18.2 Å². The lowest BCUT2D eigenvalue weighted by Gasteiger charge is -2.45. The van der Waals surface area contributed by atoms with Crippen molar-refractivity contribution in [2.45, 2.75) is 37.8 Å². The minimum atomic E-state index is -0.689. The fraction of sp³-hybridized carbons (Fsp3) is 0.381. The number of piperazine rings is 1. The fourth-order valence-corrected chi connectivity index (χ4v) is 9.23. The molecule has 10 rings (SSSR count). The third-order valence-corrected chi connectivity index (χ3v) is 12.3. The third kappa shape index (κ3) is 6.39. The van der Waals surface area contributed by atoms with Gasteiger partial charge in [-0.25, -0.2) is 23.7 Å². The van der Waals surface area contributed by atoms with Crippen LogP contribution in [0.5, 0.6) is 0 Å². The SMILES string of the molecule is Cn1c(=O)n(C2CCC(=O)NC2=O)c2ccc(N3CC(CN4CCN(c5cccc(-c6cnc7ccc(N8CCC[C@@H]8c8cccc(F)c8)nn67)n5)CC4)C3)cc21. The topological polar surface area (TPSA) is 129 Å². The first-order chi connectivity index (χ1) is 27.8. The maximum atomic E-state index is 14.1. The zero-order valence-electron chi connectivity index (χ0n) is 31.8. The van der Waals surface area contributed by atoms with Crippen LogP contribution in [0.2, 0.25) is 0 Å². The van der Waals surface area contributed by atoms with Gasteiger partial charge in [0.25, 0.3) is 0 Å². The predicted octanol–water partition coefficient (Wildman–Crippen LogP) is 4.16. The van der Waals surface area contributed by atoms with E-state index in [1.54, 1.807) is 23.7 Å². The predicted molar refractivity (Wildman–Crippen MR) is 215 cm³/mol. The first-order valence-electron chi connectivity index (χ1n) is 19.9. The first kappa shape index (κ1) is 35.3. The zero-order chi connectivity index (χ0) is 38.8. The molecule has 57 heavy (non-hydrogen) atoms. The minimum absolute atomic E-state index is 0.0719. The van der Waals surface area contributed by atoms with Crippen LogP contribution in [0.1, 0.15) is 43.3 Å². The fourth-order valence-electron chi connectivity index (χ4n) is 9.23. The Labute approximate surface area is 328 Å². The summed E-state index contributed by atoms with van der Waals surface area (Å²) in [5.74, 6) is 1.38. The molecule has 4 aliphatic heterocycles. The van der Waals surface area contributed by atoms with Crippen LogP contribution in [0.25, 0.3) is 28.1 Å². The largest absolute Gasteiger partial charge is 0.371 e. The molecule has 4 saturated heterocycles. The van der Waals surface area contributed by atoms with Crippen LogP contribution >= 0.6 is 0 Å². The Balaban J connectivity index is 0.769. The number of halogens is 1. The molecule has 15 heteroatoms. The second-order valence-electron chi connectivity index (χ2n) is 15.8.